The van der Waals surface area contributed by atoms with Crippen LogP contribution in [0.25, 0.3) is 0 Å². The zero-order valence-electron chi connectivity index (χ0n) is 13.6. The van der Waals surface area contributed by atoms with Crippen LogP contribution in [0.4, 0.5) is 11.4 Å². The summed E-state index contributed by atoms with van der Waals surface area (Å²) in [6.07, 6.45) is 3.87. The van der Waals surface area contributed by atoms with E-state index in [1.807, 2.05) is 12.1 Å². The van der Waals surface area contributed by atoms with Crippen molar-refractivity contribution in [3.05, 3.63) is 69.8 Å². The molecule has 1 N–H and O–H groups in total. The number of rotatable bonds is 4. The van der Waals surface area contributed by atoms with E-state index in [2.05, 4.69) is 11.4 Å². The predicted octanol–water partition coefficient (Wildman–Crippen LogP) is 4.18. The molecule has 2 aromatic rings. The van der Waals surface area contributed by atoms with Gasteiger partial charge in [-0.05, 0) is 42.7 Å². The number of nitrogens with zero attached hydrogens (tertiary/aromatic N) is 2. The molecule has 6 heteroatoms. The number of hydrogen-bond donors (Lipinski definition) is 1. The highest BCUT2D eigenvalue weighted by Crippen LogP contribution is 2.40. The lowest BCUT2D eigenvalue weighted by Crippen LogP contribution is -2.19. The fourth-order valence-electron chi connectivity index (χ4n) is 3.25. The number of nitro benzene ring substituents is 1. The Morgan fingerprint density at radius 1 is 1.08 bits per heavy atom. The fraction of sp³-hybridized carbons (Fsp3) is 0.263. The Balaban J connectivity index is 1.72. The van der Waals surface area contributed by atoms with Crippen molar-refractivity contribution in [1.82, 2.24) is 0 Å². The summed E-state index contributed by atoms with van der Waals surface area (Å²) in [5, 5.41) is 22.9. The van der Waals surface area contributed by atoms with Gasteiger partial charge >= 0.3 is 0 Å². The number of anilines is 1. The zero-order chi connectivity index (χ0) is 17.9. The number of carbonyl (C=O) groups is 1. The first-order chi connectivity index (χ1) is 12.0. The van der Waals surface area contributed by atoms with E-state index in [-0.39, 0.29) is 11.6 Å². The second kappa shape index (κ2) is 6.73. The van der Waals surface area contributed by atoms with Crippen molar-refractivity contribution in [2.24, 2.45) is 0 Å². The van der Waals surface area contributed by atoms with Crippen molar-refractivity contribution < 1.29 is 9.72 Å². The Kier molecular flexibility index (Phi) is 4.48. The normalized spacial score (nSPS) is 15.3. The number of non-ortho nitro benzene ring substituents is 1. The average Bonchev–Trinajstić information content (AvgIpc) is 3.12. The molecule has 1 saturated carbocycles. The van der Waals surface area contributed by atoms with E-state index in [1.165, 1.54) is 24.3 Å². The summed E-state index contributed by atoms with van der Waals surface area (Å²) in [6.45, 7) is 0. The third-order valence-electron chi connectivity index (χ3n) is 4.71. The molecule has 1 aliphatic carbocycles. The number of nitrogens with one attached hydrogen (secondary N) is 1. The predicted molar refractivity (Wildman–Crippen MR) is 93.3 cm³/mol. The molecule has 126 valence electrons. The van der Waals surface area contributed by atoms with Crippen LogP contribution in [0.5, 0.6) is 0 Å². The molecule has 1 fully saturated rings. The maximum atomic E-state index is 12.2. The molecule has 3 rings (SSSR count). The summed E-state index contributed by atoms with van der Waals surface area (Å²) in [5.41, 5.74) is 1.50. The molecular formula is C19H17N3O3. The highest BCUT2D eigenvalue weighted by Gasteiger charge is 2.35. The topological polar surface area (TPSA) is 96.0 Å². The number of amides is 1. The van der Waals surface area contributed by atoms with Crippen LogP contribution < -0.4 is 5.32 Å². The summed E-state index contributed by atoms with van der Waals surface area (Å²) < 4.78 is 0. The maximum Gasteiger partial charge on any atom is 0.269 e. The van der Waals surface area contributed by atoms with E-state index in [9.17, 15) is 20.2 Å². The van der Waals surface area contributed by atoms with Gasteiger partial charge in [0.1, 0.15) is 0 Å². The van der Waals surface area contributed by atoms with Gasteiger partial charge in [-0.3, -0.25) is 14.9 Å². The Morgan fingerprint density at radius 2 is 1.68 bits per heavy atom. The Morgan fingerprint density at radius 3 is 2.20 bits per heavy atom. The van der Waals surface area contributed by atoms with Gasteiger partial charge in [0.15, 0.2) is 0 Å². The molecule has 0 radical (unpaired) electrons. The largest absolute Gasteiger partial charge is 0.322 e. The summed E-state index contributed by atoms with van der Waals surface area (Å²) in [4.78, 5) is 22.4. The van der Waals surface area contributed by atoms with Crippen LogP contribution in [0.2, 0.25) is 0 Å². The third-order valence-corrected chi connectivity index (χ3v) is 4.71. The lowest BCUT2D eigenvalue weighted by Gasteiger charge is -2.20. The number of carbonyl (C=O) groups excluding carboxylic acids is 1. The van der Waals surface area contributed by atoms with Gasteiger partial charge in [0.05, 0.1) is 16.4 Å². The van der Waals surface area contributed by atoms with E-state index >= 15 is 0 Å². The van der Waals surface area contributed by atoms with Crippen LogP contribution in [-0.4, -0.2) is 10.8 Å². The Bertz CT molecular complexity index is 830. The number of hydrogen-bond acceptors (Lipinski definition) is 4. The van der Waals surface area contributed by atoms with E-state index in [0.29, 0.717) is 11.3 Å². The summed E-state index contributed by atoms with van der Waals surface area (Å²) >= 11 is 0. The van der Waals surface area contributed by atoms with Gasteiger partial charge in [0.2, 0.25) is 0 Å². The SMILES string of the molecule is N#CC1(c2ccc(NC(=O)c3ccc([N+](=O)[O-])cc3)cc2)CCCC1. The van der Waals surface area contributed by atoms with Crippen molar-refractivity contribution in [3.8, 4) is 6.07 Å². The molecule has 0 atom stereocenters. The molecule has 25 heavy (non-hydrogen) atoms. The monoisotopic (exact) mass is 335 g/mol. The quantitative estimate of drug-likeness (QED) is 0.669. The van der Waals surface area contributed by atoms with E-state index in [4.69, 9.17) is 0 Å². The molecule has 0 saturated heterocycles. The van der Waals surface area contributed by atoms with Gasteiger partial charge < -0.3 is 5.32 Å². The van der Waals surface area contributed by atoms with Crippen LogP contribution >= 0.6 is 0 Å². The lowest BCUT2D eigenvalue weighted by atomic mass is 9.80. The standard InChI is InChI=1S/C19H17N3O3/c20-13-19(11-1-2-12-19)15-5-7-16(8-6-15)21-18(23)14-3-9-17(10-4-14)22(24)25/h3-10H,1-2,11-12H2,(H,21,23). The molecule has 2 aromatic carbocycles. The molecule has 0 spiro atoms. The van der Waals surface area contributed by atoms with Crippen molar-refractivity contribution in [3.63, 3.8) is 0 Å². The highest BCUT2D eigenvalue weighted by molar-refractivity contribution is 6.04. The molecule has 1 aliphatic rings. The molecule has 1 amide bonds. The van der Waals surface area contributed by atoms with Gasteiger partial charge in [-0.25, -0.2) is 0 Å². The van der Waals surface area contributed by atoms with Gasteiger partial charge in [0.25, 0.3) is 11.6 Å². The molecule has 0 unspecified atom stereocenters. The zero-order valence-corrected chi connectivity index (χ0v) is 13.6. The van der Waals surface area contributed by atoms with Crippen LogP contribution in [-0.2, 0) is 5.41 Å². The van der Waals surface area contributed by atoms with E-state index in [0.717, 1.165) is 31.2 Å². The van der Waals surface area contributed by atoms with E-state index in [1.54, 1.807) is 12.1 Å². The van der Waals surface area contributed by atoms with E-state index < -0.39 is 10.3 Å². The number of benzene rings is 2. The van der Waals surface area contributed by atoms with Crippen LogP contribution in [0, 0.1) is 21.4 Å². The van der Waals surface area contributed by atoms with Crippen molar-refractivity contribution in [2.45, 2.75) is 31.1 Å². The second-order valence-corrected chi connectivity index (χ2v) is 6.24. The summed E-state index contributed by atoms with van der Waals surface area (Å²) in [6, 6.07) is 15.2. The first kappa shape index (κ1) is 16.7. The second-order valence-electron chi connectivity index (χ2n) is 6.24. The minimum Gasteiger partial charge on any atom is -0.322 e. The minimum atomic E-state index is -0.505. The molecule has 0 aromatic heterocycles. The Labute approximate surface area is 145 Å². The first-order valence-electron chi connectivity index (χ1n) is 8.12. The van der Waals surface area contributed by atoms with Gasteiger partial charge in [-0.2, -0.15) is 5.26 Å². The maximum absolute atomic E-state index is 12.2. The average molecular weight is 335 g/mol. The smallest absolute Gasteiger partial charge is 0.269 e. The van der Waals surface area contributed by atoms with Crippen LogP contribution in [0.1, 0.15) is 41.6 Å². The molecule has 0 bridgehead atoms. The Hall–Kier alpha value is -3.20. The van der Waals surface area contributed by atoms with Gasteiger partial charge in [0, 0.05) is 23.4 Å². The van der Waals surface area contributed by atoms with Crippen molar-refractivity contribution >= 4 is 17.3 Å². The first-order valence-corrected chi connectivity index (χ1v) is 8.12. The molecule has 0 heterocycles. The molecular weight excluding hydrogens is 318 g/mol. The number of nitro groups is 1. The van der Waals surface area contributed by atoms with Crippen molar-refractivity contribution in [2.75, 3.05) is 5.32 Å². The number of nitriles is 1. The van der Waals surface area contributed by atoms with Crippen molar-refractivity contribution in [1.29, 1.82) is 5.26 Å². The van der Waals surface area contributed by atoms with Crippen LogP contribution in [0.15, 0.2) is 48.5 Å². The summed E-state index contributed by atoms with van der Waals surface area (Å²) in [7, 11) is 0. The van der Waals surface area contributed by atoms with Gasteiger partial charge in [-0.15, -0.1) is 0 Å². The van der Waals surface area contributed by atoms with Crippen LogP contribution in [0.3, 0.4) is 0 Å². The highest BCUT2D eigenvalue weighted by atomic mass is 16.6. The molecule has 0 aliphatic heterocycles. The van der Waals surface area contributed by atoms with Gasteiger partial charge in [-0.1, -0.05) is 25.0 Å². The third kappa shape index (κ3) is 3.36. The minimum absolute atomic E-state index is 0.0562. The summed E-state index contributed by atoms with van der Waals surface area (Å²) in [5.74, 6) is -0.335. The fourth-order valence-corrected chi connectivity index (χ4v) is 3.25. The lowest BCUT2D eigenvalue weighted by molar-refractivity contribution is -0.384. The molecule has 6 nitrogen and oxygen atoms in total.